The number of fused-ring (bicyclic) bond motifs is 1. The highest BCUT2D eigenvalue weighted by Gasteiger charge is 2.47. The summed E-state index contributed by atoms with van der Waals surface area (Å²) in [5.41, 5.74) is -0.489. The average molecular weight is 470 g/mol. The van der Waals surface area contributed by atoms with Crippen LogP contribution in [0.2, 0.25) is 0 Å². The van der Waals surface area contributed by atoms with Crippen molar-refractivity contribution >= 4 is 38.4 Å². The van der Waals surface area contributed by atoms with Crippen LogP contribution in [0.25, 0.3) is 10.2 Å². The number of ketones is 1. The molecular formula is C23H13F3N2O4S. The normalized spacial score (nSPS) is 16.3. The van der Waals surface area contributed by atoms with E-state index < -0.39 is 46.5 Å². The highest BCUT2D eigenvalue weighted by molar-refractivity contribution is 7.22. The molecule has 2 aromatic heterocycles. The van der Waals surface area contributed by atoms with Crippen LogP contribution in [0, 0.1) is 24.4 Å². The van der Waals surface area contributed by atoms with E-state index in [1.807, 2.05) is 0 Å². The van der Waals surface area contributed by atoms with E-state index in [0.29, 0.717) is 16.0 Å². The minimum Gasteiger partial charge on any atom is -0.503 e. The van der Waals surface area contributed by atoms with Crippen molar-refractivity contribution in [2.75, 3.05) is 4.90 Å². The SMILES string of the molecule is Cc1ccc(C(=O)C2=C(O)C(=O)N(c3nc4ccc(F)cc4s3)C2c2cccc(F)c2F)o1. The lowest BCUT2D eigenvalue weighted by Gasteiger charge is -2.24. The first kappa shape index (κ1) is 21.0. The molecule has 1 unspecified atom stereocenters. The maximum absolute atomic E-state index is 14.9. The number of aromatic nitrogens is 1. The summed E-state index contributed by atoms with van der Waals surface area (Å²) in [5, 5.41) is 10.6. The zero-order valence-electron chi connectivity index (χ0n) is 16.8. The molecule has 0 radical (unpaired) electrons. The smallest absolute Gasteiger partial charge is 0.296 e. The summed E-state index contributed by atoms with van der Waals surface area (Å²) >= 11 is 0.902. The Balaban J connectivity index is 1.72. The fourth-order valence-corrected chi connectivity index (χ4v) is 4.76. The second-order valence-corrected chi connectivity index (χ2v) is 8.34. The van der Waals surface area contributed by atoms with Gasteiger partial charge in [0, 0.05) is 5.56 Å². The van der Waals surface area contributed by atoms with Gasteiger partial charge in [0.1, 0.15) is 17.6 Å². The number of hydrogen-bond acceptors (Lipinski definition) is 6. The first-order chi connectivity index (χ1) is 15.8. The first-order valence-corrected chi connectivity index (χ1v) is 10.5. The van der Waals surface area contributed by atoms with Gasteiger partial charge in [-0.25, -0.2) is 18.2 Å². The second kappa shape index (κ2) is 7.59. The number of nitrogens with zero attached hydrogens (tertiary/aromatic N) is 2. The fraction of sp³-hybridized carbons (Fsp3) is 0.0870. The lowest BCUT2D eigenvalue weighted by molar-refractivity contribution is -0.117. The number of benzene rings is 2. The monoisotopic (exact) mass is 470 g/mol. The van der Waals surface area contributed by atoms with Gasteiger partial charge < -0.3 is 9.52 Å². The molecule has 2 aromatic carbocycles. The molecule has 3 heterocycles. The fourth-order valence-electron chi connectivity index (χ4n) is 3.74. The molecule has 0 spiro atoms. The first-order valence-electron chi connectivity index (χ1n) is 9.64. The van der Waals surface area contributed by atoms with E-state index in [-0.39, 0.29) is 16.5 Å². The number of carbonyl (C=O) groups is 2. The lowest BCUT2D eigenvalue weighted by Crippen LogP contribution is -2.31. The second-order valence-electron chi connectivity index (χ2n) is 7.33. The predicted molar refractivity (Wildman–Crippen MR) is 114 cm³/mol. The Morgan fingerprint density at radius 2 is 1.94 bits per heavy atom. The van der Waals surface area contributed by atoms with Crippen molar-refractivity contribution in [3.63, 3.8) is 0 Å². The summed E-state index contributed by atoms with van der Waals surface area (Å²) in [6, 6.07) is 8.44. The number of rotatable bonds is 4. The molecule has 6 nitrogen and oxygen atoms in total. The Kier molecular flexibility index (Phi) is 4.82. The number of amides is 1. The van der Waals surface area contributed by atoms with Crippen LogP contribution < -0.4 is 4.90 Å². The molecule has 5 rings (SSSR count). The van der Waals surface area contributed by atoms with Crippen LogP contribution in [0.4, 0.5) is 18.3 Å². The largest absolute Gasteiger partial charge is 0.503 e. The Morgan fingerprint density at radius 1 is 1.15 bits per heavy atom. The van der Waals surface area contributed by atoms with Crippen molar-refractivity contribution in [3.05, 3.63) is 94.4 Å². The van der Waals surface area contributed by atoms with E-state index in [1.54, 1.807) is 6.92 Å². The van der Waals surface area contributed by atoms with Gasteiger partial charge in [0.2, 0.25) is 5.78 Å². The molecule has 166 valence electrons. The maximum atomic E-state index is 14.9. The Bertz CT molecular complexity index is 1490. The van der Waals surface area contributed by atoms with Crippen LogP contribution in [-0.2, 0) is 4.79 Å². The van der Waals surface area contributed by atoms with Gasteiger partial charge >= 0.3 is 0 Å². The molecule has 0 bridgehead atoms. The Hall–Kier alpha value is -3.92. The minimum atomic E-state index is -1.53. The van der Waals surface area contributed by atoms with E-state index in [2.05, 4.69) is 4.98 Å². The van der Waals surface area contributed by atoms with E-state index in [1.165, 1.54) is 42.5 Å². The van der Waals surface area contributed by atoms with Crippen molar-refractivity contribution < 1.29 is 32.3 Å². The summed E-state index contributed by atoms with van der Waals surface area (Å²) in [6.07, 6.45) is 0. The van der Waals surface area contributed by atoms with Crippen LogP contribution in [-0.4, -0.2) is 21.8 Å². The Labute approximate surface area is 188 Å². The minimum absolute atomic E-state index is 0.0285. The molecule has 10 heteroatoms. The average Bonchev–Trinajstić information content (AvgIpc) is 3.46. The number of aryl methyl sites for hydroxylation is 1. The van der Waals surface area contributed by atoms with Gasteiger partial charge in [0.15, 0.2) is 28.3 Å². The molecule has 0 saturated heterocycles. The quantitative estimate of drug-likeness (QED) is 0.404. The standard InChI is InChI=1S/C23H13F3N2O4S/c1-10-5-8-15(32-10)20(29)17-19(12-3-2-4-13(25)18(12)26)28(22(31)21(17)30)23-27-14-7-6-11(24)9-16(14)33-23/h2-9,19,30H,1H3. The van der Waals surface area contributed by atoms with Crippen molar-refractivity contribution in [2.24, 2.45) is 0 Å². The van der Waals surface area contributed by atoms with E-state index in [4.69, 9.17) is 4.42 Å². The van der Waals surface area contributed by atoms with Crippen molar-refractivity contribution in [2.45, 2.75) is 13.0 Å². The molecule has 0 saturated carbocycles. The van der Waals surface area contributed by atoms with Crippen molar-refractivity contribution in [1.82, 2.24) is 4.98 Å². The molecule has 1 aliphatic heterocycles. The van der Waals surface area contributed by atoms with Crippen LogP contribution in [0.3, 0.4) is 0 Å². The van der Waals surface area contributed by atoms with Gasteiger partial charge in [-0.05, 0) is 43.3 Å². The third-order valence-electron chi connectivity index (χ3n) is 5.24. The number of halogens is 3. The topological polar surface area (TPSA) is 83.6 Å². The highest BCUT2D eigenvalue weighted by Crippen LogP contribution is 2.45. The van der Waals surface area contributed by atoms with Gasteiger partial charge in [0.05, 0.1) is 15.8 Å². The number of hydrogen-bond donors (Lipinski definition) is 1. The van der Waals surface area contributed by atoms with Gasteiger partial charge in [-0.15, -0.1) is 0 Å². The zero-order chi connectivity index (χ0) is 23.4. The number of thiazole rings is 1. The van der Waals surface area contributed by atoms with Gasteiger partial charge in [0.25, 0.3) is 5.91 Å². The van der Waals surface area contributed by atoms with E-state index in [9.17, 15) is 27.9 Å². The van der Waals surface area contributed by atoms with Crippen molar-refractivity contribution in [1.29, 1.82) is 0 Å². The molecule has 0 fully saturated rings. The molecule has 4 aromatic rings. The summed E-state index contributed by atoms with van der Waals surface area (Å²) in [6.45, 7) is 1.60. The number of furan rings is 1. The maximum Gasteiger partial charge on any atom is 0.296 e. The third-order valence-corrected chi connectivity index (χ3v) is 6.26. The molecule has 33 heavy (non-hydrogen) atoms. The van der Waals surface area contributed by atoms with Crippen LogP contribution in [0.5, 0.6) is 0 Å². The number of aliphatic hydroxyl groups excluding tert-OH is 1. The molecule has 1 N–H and O–H groups in total. The predicted octanol–water partition coefficient (Wildman–Crippen LogP) is 5.40. The zero-order valence-corrected chi connectivity index (χ0v) is 17.6. The van der Waals surface area contributed by atoms with Crippen LogP contribution >= 0.6 is 11.3 Å². The van der Waals surface area contributed by atoms with Crippen LogP contribution in [0.1, 0.15) is 27.9 Å². The number of aliphatic hydroxyl groups is 1. The molecule has 1 aliphatic rings. The van der Waals surface area contributed by atoms with E-state index >= 15 is 0 Å². The number of Topliss-reactive ketones (excluding diaryl/α,β-unsaturated/α-hetero) is 1. The molecule has 1 amide bonds. The van der Waals surface area contributed by atoms with Crippen LogP contribution in [0.15, 0.2) is 64.3 Å². The molecule has 1 atom stereocenters. The number of anilines is 1. The highest BCUT2D eigenvalue weighted by atomic mass is 32.1. The summed E-state index contributed by atoms with van der Waals surface area (Å²) < 4.78 is 48.4. The third kappa shape index (κ3) is 3.30. The van der Waals surface area contributed by atoms with Gasteiger partial charge in [-0.3, -0.25) is 14.5 Å². The van der Waals surface area contributed by atoms with Crippen molar-refractivity contribution in [3.8, 4) is 0 Å². The Morgan fingerprint density at radius 3 is 2.67 bits per heavy atom. The number of carbonyl (C=O) groups excluding carboxylic acids is 2. The summed E-state index contributed by atoms with van der Waals surface area (Å²) in [5.74, 6) is -5.62. The summed E-state index contributed by atoms with van der Waals surface area (Å²) in [4.78, 5) is 31.5. The molecule has 0 aliphatic carbocycles. The lowest BCUT2D eigenvalue weighted by atomic mass is 9.94. The molecular weight excluding hydrogens is 457 g/mol. The van der Waals surface area contributed by atoms with Gasteiger partial charge in [-0.2, -0.15) is 0 Å². The van der Waals surface area contributed by atoms with E-state index in [0.717, 1.165) is 22.3 Å². The summed E-state index contributed by atoms with van der Waals surface area (Å²) in [7, 11) is 0. The van der Waals surface area contributed by atoms with Gasteiger partial charge in [-0.1, -0.05) is 23.5 Å².